The number of tetrazole rings is 1. The van der Waals surface area contributed by atoms with E-state index in [1.807, 2.05) is 32.0 Å². The van der Waals surface area contributed by atoms with Gasteiger partial charge in [0.15, 0.2) is 5.82 Å². The van der Waals surface area contributed by atoms with Gasteiger partial charge in [-0.05, 0) is 80.3 Å². The summed E-state index contributed by atoms with van der Waals surface area (Å²) in [6.45, 7) is 7.49. The molecule has 1 saturated carbocycles. The van der Waals surface area contributed by atoms with Gasteiger partial charge in [0, 0.05) is 11.7 Å². The highest BCUT2D eigenvalue weighted by molar-refractivity contribution is 5.94. The molecule has 0 bridgehead atoms. The van der Waals surface area contributed by atoms with Crippen LogP contribution in [0.3, 0.4) is 0 Å². The normalized spacial score (nSPS) is 14.4. The fourth-order valence-corrected chi connectivity index (χ4v) is 4.43. The van der Waals surface area contributed by atoms with Crippen molar-refractivity contribution in [2.24, 2.45) is 0 Å². The monoisotopic (exact) mass is 467 g/mol. The van der Waals surface area contributed by atoms with Gasteiger partial charge in [0.25, 0.3) is 0 Å². The first-order chi connectivity index (χ1) is 16.3. The summed E-state index contributed by atoms with van der Waals surface area (Å²) in [5.41, 5.74) is 1.65. The predicted molar refractivity (Wildman–Crippen MR) is 127 cm³/mol. The molecule has 0 radical (unpaired) electrons. The van der Waals surface area contributed by atoms with Crippen LogP contribution < -0.4 is 15.3 Å². The Labute approximate surface area is 197 Å². The Hall–Kier alpha value is -3.49. The number of hydrogen-bond donors (Lipinski definition) is 0. The number of carbonyl (C=O) groups excluding carboxylic acids is 1. The summed E-state index contributed by atoms with van der Waals surface area (Å²) in [7, 11) is 0. The minimum absolute atomic E-state index is 0.0629. The molecular weight excluding hydrogens is 437 g/mol. The number of amides is 1. The zero-order valence-electron chi connectivity index (χ0n) is 20.0. The lowest BCUT2D eigenvalue weighted by Crippen LogP contribution is -2.47. The van der Waals surface area contributed by atoms with Crippen LogP contribution in [0.2, 0.25) is 0 Å². The molecule has 34 heavy (non-hydrogen) atoms. The minimum atomic E-state index is -0.852. The number of benzene rings is 2. The Morgan fingerprint density at radius 3 is 2.56 bits per heavy atom. The van der Waals surface area contributed by atoms with Crippen molar-refractivity contribution in [1.29, 1.82) is 0 Å². The number of rotatable bonds is 5. The van der Waals surface area contributed by atoms with E-state index >= 15 is 0 Å². The maximum Gasteiger partial charge on any atom is 0.377 e. The highest BCUT2D eigenvalue weighted by atomic mass is 19.1. The van der Waals surface area contributed by atoms with Gasteiger partial charge in [0.2, 0.25) is 0 Å². The van der Waals surface area contributed by atoms with Gasteiger partial charge in [-0.25, -0.2) is 14.0 Å². The van der Waals surface area contributed by atoms with Gasteiger partial charge in [-0.1, -0.05) is 37.5 Å². The molecule has 0 atom stereocenters. The highest BCUT2D eigenvalue weighted by Gasteiger charge is 2.32. The van der Waals surface area contributed by atoms with Crippen molar-refractivity contribution in [3.8, 4) is 11.4 Å². The fraction of sp³-hybridized carbons (Fsp3) is 0.440. The Morgan fingerprint density at radius 2 is 1.85 bits per heavy atom. The summed E-state index contributed by atoms with van der Waals surface area (Å²) >= 11 is 0. The molecule has 1 aliphatic rings. The predicted octanol–water partition coefficient (Wildman–Crippen LogP) is 4.78. The van der Waals surface area contributed by atoms with E-state index in [2.05, 4.69) is 10.4 Å². The number of nitrogens with zero attached hydrogens (tertiary/aromatic N) is 5. The first-order valence-electron chi connectivity index (χ1n) is 11.7. The van der Waals surface area contributed by atoms with Crippen LogP contribution in [0.15, 0.2) is 41.2 Å². The third kappa shape index (κ3) is 4.60. The van der Waals surface area contributed by atoms with E-state index < -0.39 is 17.5 Å². The molecule has 4 rings (SSSR count). The topological polar surface area (TPSA) is 82.2 Å². The number of aryl methyl sites for hydroxylation is 2. The van der Waals surface area contributed by atoms with Crippen molar-refractivity contribution in [3.63, 3.8) is 0 Å². The molecule has 1 amide bonds. The van der Waals surface area contributed by atoms with E-state index in [1.165, 1.54) is 12.1 Å². The van der Waals surface area contributed by atoms with Crippen molar-refractivity contribution >= 4 is 11.7 Å². The summed E-state index contributed by atoms with van der Waals surface area (Å²) in [5, 5.41) is 7.70. The van der Waals surface area contributed by atoms with Crippen LogP contribution in [-0.4, -0.2) is 38.0 Å². The Kier molecular flexibility index (Phi) is 6.81. The molecule has 0 unspecified atom stereocenters. The summed E-state index contributed by atoms with van der Waals surface area (Å²) in [5.74, 6) is -0.548. The maximum absolute atomic E-state index is 14.8. The van der Waals surface area contributed by atoms with Gasteiger partial charge in [-0.2, -0.15) is 4.68 Å². The molecule has 8 nitrogen and oxygen atoms in total. The zero-order chi connectivity index (χ0) is 24.4. The number of carbonyl (C=O) groups is 1. The second-order valence-corrected chi connectivity index (χ2v) is 9.07. The average molecular weight is 468 g/mol. The summed E-state index contributed by atoms with van der Waals surface area (Å²) in [6.07, 6.45) is 4.55. The van der Waals surface area contributed by atoms with Gasteiger partial charge in [-0.3, -0.25) is 4.90 Å². The molecular formula is C25H30FN5O3. The number of para-hydroxylation sites is 1. The van der Waals surface area contributed by atoms with E-state index in [4.69, 9.17) is 4.74 Å². The molecule has 0 saturated heterocycles. The largest absolute Gasteiger partial charge is 0.489 e. The van der Waals surface area contributed by atoms with Gasteiger partial charge in [0.1, 0.15) is 11.4 Å². The smallest absolute Gasteiger partial charge is 0.377 e. The van der Waals surface area contributed by atoms with Crippen LogP contribution in [0.4, 0.5) is 14.9 Å². The molecule has 0 N–H and O–H groups in total. The lowest BCUT2D eigenvalue weighted by molar-refractivity contribution is 0.238. The SMILES string of the molecule is Cc1ccc(C)c(N(C(=O)n2nnn(-c3c(F)cccc3OC(C)C)c2=O)C2CCCCC2)c1. The second-order valence-electron chi connectivity index (χ2n) is 9.07. The summed E-state index contributed by atoms with van der Waals surface area (Å²) < 4.78 is 21.9. The molecule has 0 aliphatic heterocycles. The third-order valence-electron chi connectivity index (χ3n) is 6.06. The van der Waals surface area contributed by atoms with Crippen molar-refractivity contribution in [3.05, 3.63) is 63.8 Å². The van der Waals surface area contributed by atoms with E-state index in [0.717, 1.165) is 53.6 Å². The van der Waals surface area contributed by atoms with Gasteiger partial charge in [0.05, 0.1) is 6.10 Å². The Morgan fingerprint density at radius 1 is 1.12 bits per heavy atom. The lowest BCUT2D eigenvalue weighted by Gasteiger charge is -2.34. The van der Waals surface area contributed by atoms with Crippen LogP contribution in [0.25, 0.3) is 5.69 Å². The molecule has 2 aromatic carbocycles. The summed E-state index contributed by atoms with van der Waals surface area (Å²) in [4.78, 5) is 28.7. The standard InChI is InChI=1S/C25H30FN5O3/c1-16(2)34-22-12-8-11-20(26)23(22)30-25(33)31(28-27-30)24(32)29(19-9-6-5-7-10-19)21-15-17(3)13-14-18(21)4/h8,11-16,19H,5-7,9-10H2,1-4H3. The number of aromatic nitrogens is 4. The molecule has 1 aliphatic carbocycles. The molecule has 1 aromatic heterocycles. The van der Waals surface area contributed by atoms with Crippen LogP contribution in [0, 0.1) is 19.7 Å². The molecule has 9 heteroatoms. The van der Waals surface area contributed by atoms with Crippen LogP contribution >= 0.6 is 0 Å². The molecule has 1 fully saturated rings. The Balaban J connectivity index is 1.80. The van der Waals surface area contributed by atoms with Crippen molar-refractivity contribution in [2.75, 3.05) is 4.90 Å². The zero-order valence-corrected chi connectivity index (χ0v) is 20.0. The van der Waals surface area contributed by atoms with E-state index in [-0.39, 0.29) is 23.6 Å². The van der Waals surface area contributed by atoms with Crippen LogP contribution in [-0.2, 0) is 0 Å². The quantitative estimate of drug-likeness (QED) is 0.505. The number of hydrogen-bond acceptors (Lipinski definition) is 5. The van der Waals surface area contributed by atoms with Crippen molar-refractivity contribution < 1.29 is 13.9 Å². The molecule has 180 valence electrons. The minimum Gasteiger partial charge on any atom is -0.489 e. The maximum atomic E-state index is 14.8. The van der Waals surface area contributed by atoms with Crippen LogP contribution in [0.5, 0.6) is 5.75 Å². The lowest BCUT2D eigenvalue weighted by atomic mass is 9.93. The van der Waals surface area contributed by atoms with E-state index in [0.29, 0.717) is 4.68 Å². The molecule has 0 spiro atoms. The third-order valence-corrected chi connectivity index (χ3v) is 6.06. The fourth-order valence-electron chi connectivity index (χ4n) is 4.43. The molecule has 3 aromatic rings. The number of anilines is 1. The van der Waals surface area contributed by atoms with Gasteiger partial charge in [-0.15, -0.1) is 4.68 Å². The Bertz CT molecular complexity index is 1240. The second kappa shape index (κ2) is 9.79. The molecule has 1 heterocycles. The van der Waals surface area contributed by atoms with Crippen molar-refractivity contribution in [1.82, 2.24) is 19.8 Å². The first kappa shape index (κ1) is 23.7. The first-order valence-corrected chi connectivity index (χ1v) is 11.7. The van der Waals surface area contributed by atoms with Crippen molar-refractivity contribution in [2.45, 2.75) is 71.9 Å². The van der Waals surface area contributed by atoms with E-state index in [9.17, 15) is 14.0 Å². The van der Waals surface area contributed by atoms with Crippen LogP contribution in [0.1, 0.15) is 57.1 Å². The number of halogens is 1. The number of ether oxygens (including phenoxy) is 1. The van der Waals surface area contributed by atoms with E-state index in [1.54, 1.807) is 24.8 Å². The summed E-state index contributed by atoms with van der Waals surface area (Å²) in [6, 6.07) is 9.48. The highest BCUT2D eigenvalue weighted by Crippen LogP contribution is 2.31. The van der Waals surface area contributed by atoms with Gasteiger partial charge < -0.3 is 4.74 Å². The average Bonchev–Trinajstić information content (AvgIpc) is 3.17. The van der Waals surface area contributed by atoms with Gasteiger partial charge >= 0.3 is 11.7 Å².